The second kappa shape index (κ2) is 5.27. The molecule has 1 N–H and O–H groups in total. The van der Waals surface area contributed by atoms with Gasteiger partial charge in [0.1, 0.15) is 0 Å². The molecule has 1 aromatic heterocycles. The zero-order chi connectivity index (χ0) is 12.5. The van der Waals surface area contributed by atoms with E-state index in [1.54, 1.807) is 0 Å². The van der Waals surface area contributed by atoms with Crippen LogP contribution in [0, 0.1) is 6.92 Å². The number of aryl methyl sites for hydroxylation is 1. The van der Waals surface area contributed by atoms with Crippen molar-refractivity contribution in [3.05, 3.63) is 15.6 Å². The van der Waals surface area contributed by atoms with E-state index in [4.69, 9.17) is 4.98 Å². The van der Waals surface area contributed by atoms with Gasteiger partial charge in [-0.25, -0.2) is 4.98 Å². The number of thiazole rings is 1. The van der Waals surface area contributed by atoms with Gasteiger partial charge in [-0.1, -0.05) is 12.8 Å². The van der Waals surface area contributed by atoms with Gasteiger partial charge in [-0.05, 0) is 26.8 Å². The maximum absolute atomic E-state index is 4.87. The minimum atomic E-state index is 0.534. The highest BCUT2D eigenvalue weighted by molar-refractivity contribution is 7.12. The zero-order valence-corrected chi connectivity index (χ0v) is 12.2. The first kappa shape index (κ1) is 12.6. The van der Waals surface area contributed by atoms with Crippen LogP contribution in [0.4, 0.5) is 0 Å². The van der Waals surface area contributed by atoms with Gasteiger partial charge in [0, 0.05) is 30.4 Å². The van der Waals surface area contributed by atoms with Crippen molar-refractivity contribution in [3.63, 3.8) is 0 Å². The largest absolute Gasteiger partial charge is 0.314 e. The minimum Gasteiger partial charge on any atom is -0.314 e. The maximum Gasteiger partial charge on any atom is 0.0962 e. The summed E-state index contributed by atoms with van der Waals surface area (Å²) in [5.41, 5.74) is 1.27. The van der Waals surface area contributed by atoms with E-state index >= 15 is 0 Å². The smallest absolute Gasteiger partial charge is 0.0962 e. The Kier molecular flexibility index (Phi) is 3.68. The second-order valence-electron chi connectivity index (χ2n) is 5.68. The molecule has 1 saturated carbocycles. The van der Waals surface area contributed by atoms with Crippen molar-refractivity contribution in [1.82, 2.24) is 15.2 Å². The number of nitrogens with one attached hydrogen (secondary N) is 1. The van der Waals surface area contributed by atoms with Crippen LogP contribution in [0.3, 0.4) is 0 Å². The van der Waals surface area contributed by atoms with Gasteiger partial charge >= 0.3 is 0 Å². The molecule has 1 atom stereocenters. The van der Waals surface area contributed by atoms with Gasteiger partial charge in [0.15, 0.2) is 0 Å². The van der Waals surface area contributed by atoms with Gasteiger partial charge in [-0.15, -0.1) is 11.3 Å². The molecule has 18 heavy (non-hydrogen) atoms. The Balaban J connectivity index is 1.82. The SMILES string of the molecule is Cc1nc(C2CCCC2)sc1C1CNCCN1C. The Bertz CT molecular complexity index is 409. The van der Waals surface area contributed by atoms with Crippen LogP contribution in [0.5, 0.6) is 0 Å². The lowest BCUT2D eigenvalue weighted by molar-refractivity contribution is 0.204. The molecular weight excluding hydrogens is 242 g/mol. The Hall–Kier alpha value is -0.450. The van der Waals surface area contributed by atoms with E-state index in [9.17, 15) is 0 Å². The number of aromatic nitrogens is 1. The highest BCUT2D eigenvalue weighted by atomic mass is 32.1. The molecule has 2 aliphatic rings. The van der Waals surface area contributed by atoms with Crippen molar-refractivity contribution in [3.8, 4) is 0 Å². The fourth-order valence-corrected chi connectivity index (χ4v) is 4.59. The molecule has 1 saturated heterocycles. The summed E-state index contributed by atoms with van der Waals surface area (Å²) < 4.78 is 0. The molecule has 3 nitrogen and oxygen atoms in total. The van der Waals surface area contributed by atoms with Crippen molar-refractivity contribution in [2.45, 2.75) is 44.6 Å². The fourth-order valence-electron chi connectivity index (χ4n) is 3.18. The molecule has 0 amide bonds. The lowest BCUT2D eigenvalue weighted by Crippen LogP contribution is -2.43. The molecule has 4 heteroatoms. The molecular formula is C14H23N3S. The van der Waals surface area contributed by atoms with E-state index in [0.29, 0.717) is 6.04 Å². The third kappa shape index (κ3) is 2.33. The molecule has 1 unspecified atom stereocenters. The van der Waals surface area contributed by atoms with Gasteiger partial charge in [-0.3, -0.25) is 4.90 Å². The predicted molar refractivity (Wildman–Crippen MR) is 76.3 cm³/mol. The molecule has 1 aliphatic heterocycles. The lowest BCUT2D eigenvalue weighted by atomic mass is 10.1. The van der Waals surface area contributed by atoms with Crippen LogP contribution >= 0.6 is 11.3 Å². The summed E-state index contributed by atoms with van der Waals surface area (Å²) in [6.07, 6.45) is 5.49. The Morgan fingerprint density at radius 2 is 2.11 bits per heavy atom. The average Bonchev–Trinajstić information content (AvgIpc) is 2.99. The third-order valence-corrected chi connectivity index (χ3v) is 5.79. The summed E-state index contributed by atoms with van der Waals surface area (Å²) in [5.74, 6) is 0.754. The Morgan fingerprint density at radius 1 is 1.33 bits per heavy atom. The molecule has 1 aliphatic carbocycles. The number of piperazine rings is 1. The van der Waals surface area contributed by atoms with Crippen molar-refractivity contribution in [1.29, 1.82) is 0 Å². The van der Waals surface area contributed by atoms with E-state index < -0.39 is 0 Å². The second-order valence-corrected chi connectivity index (χ2v) is 6.75. The molecule has 0 spiro atoms. The average molecular weight is 265 g/mol. The molecule has 2 fully saturated rings. The number of hydrogen-bond donors (Lipinski definition) is 1. The minimum absolute atomic E-state index is 0.534. The molecule has 0 aromatic carbocycles. The molecule has 1 aromatic rings. The lowest BCUT2D eigenvalue weighted by Gasteiger charge is -2.32. The molecule has 2 heterocycles. The first-order chi connectivity index (χ1) is 8.75. The summed E-state index contributed by atoms with van der Waals surface area (Å²) in [7, 11) is 2.24. The van der Waals surface area contributed by atoms with E-state index in [1.807, 2.05) is 11.3 Å². The van der Waals surface area contributed by atoms with Crippen LogP contribution in [-0.4, -0.2) is 36.6 Å². The number of rotatable bonds is 2. The van der Waals surface area contributed by atoms with Gasteiger partial charge < -0.3 is 5.32 Å². The number of likely N-dealkylation sites (N-methyl/N-ethyl adjacent to an activating group) is 1. The summed E-state index contributed by atoms with van der Waals surface area (Å²) in [5, 5.41) is 4.91. The highest BCUT2D eigenvalue weighted by Crippen LogP contribution is 2.39. The first-order valence-electron chi connectivity index (χ1n) is 7.14. The monoisotopic (exact) mass is 265 g/mol. The number of hydrogen-bond acceptors (Lipinski definition) is 4. The van der Waals surface area contributed by atoms with Crippen LogP contribution in [0.1, 0.15) is 53.2 Å². The molecule has 100 valence electrons. The summed E-state index contributed by atoms with van der Waals surface area (Å²) in [6.45, 7) is 5.51. The van der Waals surface area contributed by atoms with Crippen LogP contribution in [-0.2, 0) is 0 Å². The standard InChI is InChI=1S/C14H23N3S/c1-10-13(12-9-15-7-8-17(12)2)18-14(16-10)11-5-3-4-6-11/h11-12,15H,3-9H2,1-2H3. The van der Waals surface area contributed by atoms with Crippen molar-refractivity contribution >= 4 is 11.3 Å². The fraction of sp³-hybridized carbons (Fsp3) is 0.786. The van der Waals surface area contributed by atoms with Crippen LogP contribution in [0.2, 0.25) is 0 Å². The van der Waals surface area contributed by atoms with Crippen molar-refractivity contribution in [2.24, 2.45) is 0 Å². The van der Waals surface area contributed by atoms with Crippen molar-refractivity contribution in [2.75, 3.05) is 26.7 Å². The number of nitrogens with zero attached hydrogens (tertiary/aromatic N) is 2. The summed E-state index contributed by atoms with van der Waals surface area (Å²) in [4.78, 5) is 8.83. The molecule has 0 bridgehead atoms. The summed E-state index contributed by atoms with van der Waals surface area (Å²) >= 11 is 1.97. The highest BCUT2D eigenvalue weighted by Gasteiger charge is 2.27. The summed E-state index contributed by atoms with van der Waals surface area (Å²) in [6, 6.07) is 0.534. The topological polar surface area (TPSA) is 28.2 Å². The van der Waals surface area contributed by atoms with Gasteiger partial charge in [0.05, 0.1) is 16.7 Å². The van der Waals surface area contributed by atoms with Crippen LogP contribution < -0.4 is 5.32 Å². The van der Waals surface area contributed by atoms with E-state index in [0.717, 1.165) is 25.6 Å². The quantitative estimate of drug-likeness (QED) is 0.891. The van der Waals surface area contributed by atoms with Crippen molar-refractivity contribution < 1.29 is 0 Å². The van der Waals surface area contributed by atoms with E-state index in [1.165, 1.54) is 41.3 Å². The zero-order valence-electron chi connectivity index (χ0n) is 11.4. The molecule has 0 radical (unpaired) electrons. The van der Waals surface area contributed by atoms with E-state index in [2.05, 4.69) is 24.2 Å². The predicted octanol–water partition coefficient (Wildman–Crippen LogP) is 2.69. The van der Waals surface area contributed by atoms with Crippen LogP contribution in [0.15, 0.2) is 0 Å². The Morgan fingerprint density at radius 3 is 2.83 bits per heavy atom. The first-order valence-corrected chi connectivity index (χ1v) is 7.95. The molecule has 3 rings (SSSR count). The van der Waals surface area contributed by atoms with Gasteiger partial charge in [0.25, 0.3) is 0 Å². The van der Waals surface area contributed by atoms with E-state index in [-0.39, 0.29) is 0 Å². The van der Waals surface area contributed by atoms with Crippen LogP contribution in [0.25, 0.3) is 0 Å². The third-order valence-electron chi connectivity index (χ3n) is 4.37. The maximum atomic E-state index is 4.87. The Labute approximate surface area is 114 Å². The van der Waals surface area contributed by atoms with Gasteiger partial charge in [-0.2, -0.15) is 0 Å². The normalized spacial score (nSPS) is 26.9. The van der Waals surface area contributed by atoms with Gasteiger partial charge in [0.2, 0.25) is 0 Å².